The maximum atomic E-state index is 11.3. The molecule has 0 saturated heterocycles. The quantitative estimate of drug-likeness (QED) is 0.425. The highest BCUT2D eigenvalue weighted by atomic mass is 32.2. The molecule has 0 fully saturated rings. The Morgan fingerprint density at radius 2 is 2.00 bits per heavy atom. The van der Waals surface area contributed by atoms with Crippen LogP contribution >= 0.6 is 11.8 Å². The normalized spacial score (nSPS) is 10.8. The Kier molecular flexibility index (Phi) is 6.34. The van der Waals surface area contributed by atoms with Gasteiger partial charge in [-0.25, -0.2) is 0 Å². The molecule has 1 aromatic rings. The second kappa shape index (κ2) is 7.54. The number of hydrogen-bond donors (Lipinski definition) is 0. The molecule has 0 aromatic carbocycles. The third-order valence-corrected chi connectivity index (χ3v) is 3.54. The van der Waals surface area contributed by atoms with E-state index in [1.807, 2.05) is 13.2 Å². The predicted octanol–water partition coefficient (Wildman–Crippen LogP) is 3.24. The van der Waals surface area contributed by atoms with E-state index in [4.69, 9.17) is 0 Å². The molecule has 1 heterocycles. The van der Waals surface area contributed by atoms with Gasteiger partial charge in [0, 0.05) is 18.3 Å². The van der Waals surface area contributed by atoms with Crippen LogP contribution in [0.4, 0.5) is 0 Å². The Hall–Kier alpha value is -0.770. The molecule has 1 rings (SSSR count). The zero-order valence-electron chi connectivity index (χ0n) is 11.0. The van der Waals surface area contributed by atoms with Gasteiger partial charge < -0.3 is 4.57 Å². The first-order valence-corrected chi connectivity index (χ1v) is 7.54. The summed E-state index contributed by atoms with van der Waals surface area (Å²) in [7, 11) is 0. The topological polar surface area (TPSA) is 34.9 Å². The van der Waals surface area contributed by atoms with Crippen LogP contribution < -0.4 is 5.56 Å². The van der Waals surface area contributed by atoms with Crippen molar-refractivity contribution in [1.82, 2.24) is 9.55 Å². The zero-order valence-corrected chi connectivity index (χ0v) is 11.8. The molecule has 0 aliphatic rings. The summed E-state index contributed by atoms with van der Waals surface area (Å²) in [5.74, 6) is 0. The summed E-state index contributed by atoms with van der Waals surface area (Å²) in [6.07, 6.45) is 8.28. The first-order valence-electron chi connectivity index (χ1n) is 6.31. The van der Waals surface area contributed by atoms with Crippen LogP contribution in [-0.4, -0.2) is 15.8 Å². The van der Waals surface area contributed by atoms with Crippen molar-refractivity contribution in [2.75, 3.05) is 6.26 Å². The van der Waals surface area contributed by atoms with Crippen LogP contribution in [0, 0.1) is 6.92 Å². The molecule has 17 heavy (non-hydrogen) atoms. The molecule has 0 unspecified atom stereocenters. The molecule has 1 aromatic heterocycles. The van der Waals surface area contributed by atoms with E-state index in [1.165, 1.54) is 32.1 Å². The van der Waals surface area contributed by atoms with Crippen molar-refractivity contribution in [3.8, 4) is 0 Å². The van der Waals surface area contributed by atoms with Gasteiger partial charge in [0.15, 0.2) is 5.16 Å². The van der Waals surface area contributed by atoms with E-state index in [0.29, 0.717) is 0 Å². The number of hydrogen-bond acceptors (Lipinski definition) is 3. The second-order valence-electron chi connectivity index (χ2n) is 4.29. The fraction of sp³-hybridized carbons (Fsp3) is 0.692. The number of aryl methyl sites for hydroxylation is 1. The molecule has 0 aliphatic heterocycles. The molecule has 0 bridgehead atoms. The van der Waals surface area contributed by atoms with Gasteiger partial charge >= 0.3 is 0 Å². The van der Waals surface area contributed by atoms with E-state index >= 15 is 0 Å². The lowest BCUT2D eigenvalue weighted by Crippen LogP contribution is -2.16. The van der Waals surface area contributed by atoms with Gasteiger partial charge in [0.2, 0.25) is 0 Å². The van der Waals surface area contributed by atoms with Crippen LogP contribution in [0.5, 0.6) is 0 Å². The van der Waals surface area contributed by atoms with E-state index in [-0.39, 0.29) is 5.56 Å². The first-order chi connectivity index (χ1) is 8.19. The number of aromatic nitrogens is 2. The highest BCUT2D eigenvalue weighted by molar-refractivity contribution is 7.98. The van der Waals surface area contributed by atoms with Gasteiger partial charge in [0.25, 0.3) is 5.56 Å². The highest BCUT2D eigenvalue weighted by Crippen LogP contribution is 2.14. The zero-order chi connectivity index (χ0) is 12.7. The molecule has 0 radical (unpaired) electrons. The molecule has 3 nitrogen and oxygen atoms in total. The lowest BCUT2D eigenvalue weighted by molar-refractivity contribution is 0.519. The Morgan fingerprint density at radius 1 is 1.29 bits per heavy atom. The van der Waals surface area contributed by atoms with Gasteiger partial charge in [0.05, 0.1) is 0 Å². The van der Waals surface area contributed by atoms with Crippen molar-refractivity contribution in [3.63, 3.8) is 0 Å². The molecule has 0 spiro atoms. The lowest BCUT2D eigenvalue weighted by atomic mass is 10.1. The van der Waals surface area contributed by atoms with Crippen molar-refractivity contribution >= 4 is 11.8 Å². The van der Waals surface area contributed by atoms with Crippen LogP contribution in [0.25, 0.3) is 0 Å². The van der Waals surface area contributed by atoms with Gasteiger partial charge in [-0.15, -0.1) is 0 Å². The maximum Gasteiger partial charge on any atom is 0.273 e. The molecule has 4 heteroatoms. The summed E-state index contributed by atoms with van der Waals surface area (Å²) in [5, 5.41) is 0.838. The van der Waals surface area contributed by atoms with E-state index in [1.54, 1.807) is 17.8 Å². The SMILES string of the molecule is CCCCCCCn1c(C)cc(=O)nc1SC. The summed E-state index contributed by atoms with van der Waals surface area (Å²) in [6.45, 7) is 5.18. The summed E-state index contributed by atoms with van der Waals surface area (Å²) < 4.78 is 2.15. The van der Waals surface area contributed by atoms with Crippen molar-refractivity contribution < 1.29 is 0 Å². The highest BCUT2D eigenvalue weighted by Gasteiger charge is 2.05. The fourth-order valence-electron chi connectivity index (χ4n) is 1.90. The van der Waals surface area contributed by atoms with Crippen molar-refractivity contribution in [3.05, 3.63) is 22.1 Å². The van der Waals surface area contributed by atoms with E-state index in [9.17, 15) is 4.79 Å². The average molecular weight is 254 g/mol. The molecule has 0 atom stereocenters. The van der Waals surface area contributed by atoms with Crippen molar-refractivity contribution in [2.24, 2.45) is 0 Å². The first kappa shape index (κ1) is 14.3. The smallest absolute Gasteiger partial charge is 0.273 e. The van der Waals surface area contributed by atoms with Crippen LogP contribution in [0.2, 0.25) is 0 Å². The third kappa shape index (κ3) is 4.54. The molecular formula is C13H22N2OS. The standard InChI is InChI=1S/C13H22N2OS/c1-4-5-6-7-8-9-15-11(2)10-12(16)14-13(15)17-3/h10H,4-9H2,1-3H3. The molecule has 0 N–H and O–H groups in total. The monoisotopic (exact) mass is 254 g/mol. The van der Waals surface area contributed by atoms with Crippen molar-refractivity contribution in [2.45, 2.75) is 57.7 Å². The average Bonchev–Trinajstić information content (AvgIpc) is 2.30. The Morgan fingerprint density at radius 3 is 2.65 bits per heavy atom. The molecule has 96 valence electrons. The maximum absolute atomic E-state index is 11.3. The lowest BCUT2D eigenvalue weighted by Gasteiger charge is -2.13. The Bertz CT molecular complexity index is 401. The van der Waals surface area contributed by atoms with E-state index in [2.05, 4.69) is 16.5 Å². The van der Waals surface area contributed by atoms with E-state index < -0.39 is 0 Å². The van der Waals surface area contributed by atoms with Gasteiger partial charge in [-0.3, -0.25) is 4.79 Å². The van der Waals surface area contributed by atoms with Crippen molar-refractivity contribution in [1.29, 1.82) is 0 Å². The van der Waals surface area contributed by atoms with Gasteiger partial charge in [-0.05, 0) is 19.6 Å². The van der Waals surface area contributed by atoms with Gasteiger partial charge in [-0.1, -0.05) is 44.4 Å². The fourth-order valence-corrected chi connectivity index (χ4v) is 2.53. The summed E-state index contributed by atoms with van der Waals surface area (Å²) in [6, 6.07) is 1.62. The number of rotatable bonds is 7. The van der Waals surface area contributed by atoms with Crippen LogP contribution in [-0.2, 0) is 6.54 Å². The molecule has 0 amide bonds. The number of nitrogens with zero attached hydrogens (tertiary/aromatic N) is 2. The minimum atomic E-state index is -0.130. The number of thioether (sulfide) groups is 1. The summed E-state index contributed by atoms with van der Waals surface area (Å²) >= 11 is 1.54. The number of unbranched alkanes of at least 4 members (excludes halogenated alkanes) is 4. The minimum Gasteiger partial charge on any atom is -0.325 e. The predicted molar refractivity (Wildman–Crippen MR) is 73.8 cm³/mol. The van der Waals surface area contributed by atoms with Gasteiger partial charge in [0.1, 0.15) is 0 Å². The van der Waals surface area contributed by atoms with Crippen LogP contribution in [0.1, 0.15) is 44.7 Å². The van der Waals surface area contributed by atoms with E-state index in [0.717, 1.165) is 17.4 Å². The summed E-state index contributed by atoms with van der Waals surface area (Å²) in [5.41, 5.74) is 0.888. The summed E-state index contributed by atoms with van der Waals surface area (Å²) in [4.78, 5) is 15.3. The third-order valence-electron chi connectivity index (χ3n) is 2.86. The second-order valence-corrected chi connectivity index (χ2v) is 5.06. The molecule has 0 aliphatic carbocycles. The van der Waals surface area contributed by atoms with Crippen LogP contribution in [0.15, 0.2) is 16.0 Å². The van der Waals surface area contributed by atoms with Crippen LogP contribution in [0.3, 0.4) is 0 Å². The molecule has 0 saturated carbocycles. The minimum absolute atomic E-state index is 0.130. The largest absolute Gasteiger partial charge is 0.325 e. The molecular weight excluding hydrogens is 232 g/mol. The Balaban J connectivity index is 2.60. The van der Waals surface area contributed by atoms with Gasteiger partial charge in [-0.2, -0.15) is 4.98 Å². The Labute approximate surface area is 108 Å².